The highest BCUT2D eigenvalue weighted by Gasteiger charge is 2.57. The second-order valence-corrected chi connectivity index (χ2v) is 3.27. The number of fused-ring (bicyclic) bond motifs is 1. The van der Waals surface area contributed by atoms with Crippen molar-refractivity contribution in [3.63, 3.8) is 0 Å². The van der Waals surface area contributed by atoms with Crippen LogP contribution in [0.25, 0.3) is 0 Å². The number of carbonyl (C=O) groups excluding carboxylic acids is 1. The van der Waals surface area contributed by atoms with Crippen molar-refractivity contribution in [3.8, 4) is 6.07 Å². The number of hydrogen-bond acceptors (Lipinski definition) is 3. The van der Waals surface area contributed by atoms with Crippen LogP contribution in [0.4, 0.5) is 0 Å². The van der Waals surface area contributed by atoms with Gasteiger partial charge < -0.3 is 10.1 Å². The molecule has 2 aliphatic rings. The van der Waals surface area contributed by atoms with Gasteiger partial charge in [-0.05, 0) is 11.8 Å². The highest BCUT2D eigenvalue weighted by atomic mass is 16.5. The molecule has 1 aliphatic heterocycles. The first-order valence-corrected chi connectivity index (χ1v) is 4.07. The van der Waals surface area contributed by atoms with Crippen LogP contribution in [-0.2, 0) is 9.53 Å². The Morgan fingerprint density at radius 3 is 2.83 bits per heavy atom. The molecule has 64 valence electrons. The summed E-state index contributed by atoms with van der Waals surface area (Å²) in [5.41, 5.74) is 0. The normalized spacial score (nSPS) is 36.8. The van der Waals surface area contributed by atoms with Crippen LogP contribution >= 0.6 is 0 Å². The van der Waals surface area contributed by atoms with Gasteiger partial charge in [-0.1, -0.05) is 0 Å². The number of hydrogen-bond donors (Lipinski definition) is 1. The predicted octanol–water partition coefficient (Wildman–Crippen LogP) is -0.481. The molecule has 1 N–H and O–H groups in total. The number of amides is 1. The fourth-order valence-corrected chi connectivity index (χ4v) is 1.87. The van der Waals surface area contributed by atoms with Gasteiger partial charge in [0.1, 0.15) is 6.54 Å². The molecule has 0 radical (unpaired) electrons. The van der Waals surface area contributed by atoms with Gasteiger partial charge in [0, 0.05) is 5.92 Å². The fraction of sp³-hybridized carbons (Fsp3) is 0.750. The number of nitriles is 1. The number of rotatable bonds is 2. The molecule has 0 spiro atoms. The molecule has 2 rings (SSSR count). The van der Waals surface area contributed by atoms with Crippen LogP contribution < -0.4 is 5.32 Å². The minimum absolute atomic E-state index is 0.0230. The van der Waals surface area contributed by atoms with E-state index < -0.39 is 0 Å². The lowest BCUT2D eigenvalue weighted by molar-refractivity contribution is -0.123. The Kier molecular flexibility index (Phi) is 1.74. The molecular weight excluding hydrogens is 156 g/mol. The van der Waals surface area contributed by atoms with Crippen LogP contribution in [0.1, 0.15) is 0 Å². The number of carbonyl (C=O) groups is 1. The van der Waals surface area contributed by atoms with Gasteiger partial charge in [0.2, 0.25) is 5.91 Å². The average Bonchev–Trinajstić information content (AvgIpc) is 2.56. The molecule has 4 nitrogen and oxygen atoms in total. The van der Waals surface area contributed by atoms with Gasteiger partial charge >= 0.3 is 0 Å². The zero-order chi connectivity index (χ0) is 8.55. The highest BCUT2D eigenvalue weighted by Crippen LogP contribution is 2.50. The van der Waals surface area contributed by atoms with Crippen LogP contribution in [-0.4, -0.2) is 25.7 Å². The van der Waals surface area contributed by atoms with Crippen LogP contribution in [0.15, 0.2) is 0 Å². The van der Waals surface area contributed by atoms with E-state index in [-0.39, 0.29) is 18.4 Å². The van der Waals surface area contributed by atoms with E-state index in [9.17, 15) is 4.79 Å². The topological polar surface area (TPSA) is 62.1 Å². The Hall–Kier alpha value is -1.08. The Morgan fingerprint density at radius 2 is 2.25 bits per heavy atom. The standard InChI is InChI=1S/C8H10N2O2/c9-1-2-10-8(11)7-5-3-12-4-6(5)7/h5-7H,2-4H2,(H,10,11). The second-order valence-electron chi connectivity index (χ2n) is 3.27. The van der Waals surface area contributed by atoms with E-state index in [1.165, 1.54) is 0 Å². The van der Waals surface area contributed by atoms with Crippen molar-refractivity contribution in [1.29, 1.82) is 5.26 Å². The van der Waals surface area contributed by atoms with E-state index >= 15 is 0 Å². The van der Waals surface area contributed by atoms with E-state index in [2.05, 4.69) is 5.32 Å². The molecule has 1 saturated heterocycles. The molecule has 0 aromatic rings. The summed E-state index contributed by atoms with van der Waals surface area (Å²) in [5.74, 6) is 1.02. The van der Waals surface area contributed by atoms with Crippen molar-refractivity contribution >= 4 is 5.91 Å². The molecular formula is C8H10N2O2. The highest BCUT2D eigenvalue weighted by molar-refractivity contribution is 5.82. The Bertz CT molecular complexity index is 236. The first kappa shape index (κ1) is 7.56. The van der Waals surface area contributed by atoms with Gasteiger partial charge in [-0.15, -0.1) is 0 Å². The molecule has 1 saturated carbocycles. The minimum Gasteiger partial charge on any atom is -0.381 e. The molecule has 0 bridgehead atoms. The summed E-state index contributed by atoms with van der Waals surface area (Å²) in [4.78, 5) is 11.3. The molecule has 1 aliphatic carbocycles. The van der Waals surface area contributed by atoms with E-state index in [1.807, 2.05) is 6.07 Å². The van der Waals surface area contributed by atoms with Crippen molar-refractivity contribution in [3.05, 3.63) is 0 Å². The maximum absolute atomic E-state index is 11.3. The molecule has 0 aromatic heterocycles. The smallest absolute Gasteiger partial charge is 0.224 e. The maximum Gasteiger partial charge on any atom is 0.224 e. The van der Waals surface area contributed by atoms with Crippen LogP contribution in [0.5, 0.6) is 0 Å². The monoisotopic (exact) mass is 166 g/mol. The third-order valence-corrected chi connectivity index (χ3v) is 2.60. The van der Waals surface area contributed by atoms with Gasteiger partial charge in [0.15, 0.2) is 0 Å². The van der Waals surface area contributed by atoms with Crippen LogP contribution in [0.3, 0.4) is 0 Å². The molecule has 0 aromatic carbocycles. The van der Waals surface area contributed by atoms with Crippen LogP contribution in [0.2, 0.25) is 0 Å². The Labute approximate surface area is 70.5 Å². The van der Waals surface area contributed by atoms with Crippen molar-refractivity contribution < 1.29 is 9.53 Å². The summed E-state index contributed by atoms with van der Waals surface area (Å²) < 4.78 is 5.15. The van der Waals surface area contributed by atoms with Crippen molar-refractivity contribution in [2.24, 2.45) is 17.8 Å². The SMILES string of the molecule is N#CCNC(=O)C1C2COCC21. The lowest BCUT2D eigenvalue weighted by atomic mass is 10.3. The van der Waals surface area contributed by atoms with Crippen molar-refractivity contribution in [2.75, 3.05) is 19.8 Å². The Morgan fingerprint density at radius 1 is 1.58 bits per heavy atom. The maximum atomic E-state index is 11.3. The van der Waals surface area contributed by atoms with Gasteiger partial charge in [-0.2, -0.15) is 5.26 Å². The number of nitrogens with zero attached hydrogens (tertiary/aromatic N) is 1. The minimum atomic E-state index is 0.0230. The molecule has 2 fully saturated rings. The van der Waals surface area contributed by atoms with Crippen molar-refractivity contribution in [1.82, 2.24) is 5.32 Å². The fourth-order valence-electron chi connectivity index (χ4n) is 1.87. The summed E-state index contributed by atoms with van der Waals surface area (Å²) in [6, 6.07) is 1.88. The lowest BCUT2D eigenvalue weighted by Gasteiger charge is -2.02. The van der Waals surface area contributed by atoms with E-state index in [0.717, 1.165) is 13.2 Å². The molecule has 1 heterocycles. The summed E-state index contributed by atoms with van der Waals surface area (Å²) in [6.45, 7) is 1.56. The molecule has 2 unspecified atom stereocenters. The van der Waals surface area contributed by atoms with Gasteiger partial charge in [0.05, 0.1) is 19.3 Å². The predicted molar refractivity (Wildman–Crippen MR) is 39.9 cm³/mol. The van der Waals surface area contributed by atoms with Crippen molar-refractivity contribution in [2.45, 2.75) is 0 Å². The molecule has 4 heteroatoms. The average molecular weight is 166 g/mol. The van der Waals surface area contributed by atoms with E-state index in [4.69, 9.17) is 10.00 Å². The number of ether oxygens (including phenoxy) is 1. The van der Waals surface area contributed by atoms with Gasteiger partial charge in [-0.3, -0.25) is 4.79 Å². The zero-order valence-electron chi connectivity index (χ0n) is 6.62. The van der Waals surface area contributed by atoms with Gasteiger partial charge in [0.25, 0.3) is 0 Å². The third kappa shape index (κ3) is 1.07. The first-order chi connectivity index (χ1) is 5.84. The summed E-state index contributed by atoms with van der Waals surface area (Å²) in [6.07, 6.45) is 0. The quantitative estimate of drug-likeness (QED) is 0.563. The van der Waals surface area contributed by atoms with Gasteiger partial charge in [-0.25, -0.2) is 0 Å². The second kappa shape index (κ2) is 2.76. The molecule has 1 amide bonds. The first-order valence-electron chi connectivity index (χ1n) is 4.07. The van der Waals surface area contributed by atoms with E-state index in [1.54, 1.807) is 0 Å². The summed E-state index contributed by atoms with van der Waals surface area (Å²) in [5, 5.41) is 10.8. The Balaban J connectivity index is 1.81. The largest absolute Gasteiger partial charge is 0.381 e. The zero-order valence-corrected chi connectivity index (χ0v) is 6.62. The lowest BCUT2D eigenvalue weighted by Crippen LogP contribution is -2.27. The molecule has 12 heavy (non-hydrogen) atoms. The number of nitrogens with one attached hydrogen (secondary N) is 1. The van der Waals surface area contributed by atoms with Crippen LogP contribution in [0, 0.1) is 29.1 Å². The molecule has 2 atom stereocenters. The van der Waals surface area contributed by atoms with E-state index in [0.29, 0.717) is 11.8 Å². The third-order valence-electron chi connectivity index (χ3n) is 2.60. The summed E-state index contributed by atoms with van der Waals surface area (Å²) >= 11 is 0. The summed E-state index contributed by atoms with van der Waals surface area (Å²) in [7, 11) is 0.